The van der Waals surface area contributed by atoms with Crippen LogP contribution in [0.4, 0.5) is 0 Å². The van der Waals surface area contributed by atoms with E-state index in [4.69, 9.17) is 9.47 Å². The molecule has 0 amide bonds. The fraction of sp³-hybridized carbons (Fsp3) is 0.318. The van der Waals surface area contributed by atoms with Crippen molar-refractivity contribution in [1.82, 2.24) is 19.9 Å². The third kappa shape index (κ3) is 3.31. The Kier molecular flexibility index (Phi) is 4.41. The minimum absolute atomic E-state index is 0.314. The Labute approximate surface area is 164 Å². The maximum atomic E-state index is 5.74. The van der Waals surface area contributed by atoms with E-state index in [2.05, 4.69) is 45.0 Å². The van der Waals surface area contributed by atoms with Crippen molar-refractivity contribution < 1.29 is 9.47 Å². The number of pyridine rings is 1. The van der Waals surface area contributed by atoms with E-state index in [1.807, 2.05) is 18.3 Å². The van der Waals surface area contributed by atoms with Crippen LogP contribution in [0, 0.1) is 0 Å². The van der Waals surface area contributed by atoms with Gasteiger partial charge in [0.25, 0.3) is 0 Å². The highest BCUT2D eigenvalue weighted by molar-refractivity contribution is 5.41. The van der Waals surface area contributed by atoms with Crippen molar-refractivity contribution in [2.75, 3.05) is 13.2 Å². The zero-order chi connectivity index (χ0) is 18.9. The molecule has 6 nitrogen and oxygen atoms in total. The van der Waals surface area contributed by atoms with E-state index >= 15 is 0 Å². The van der Waals surface area contributed by atoms with Gasteiger partial charge >= 0.3 is 6.01 Å². The van der Waals surface area contributed by atoms with Gasteiger partial charge in [-0.3, -0.25) is 9.88 Å². The molecule has 5 rings (SSSR count). The first kappa shape index (κ1) is 17.1. The van der Waals surface area contributed by atoms with E-state index < -0.39 is 0 Å². The lowest BCUT2D eigenvalue weighted by Gasteiger charge is -2.33. The SMILES string of the molecule is CC(c1ccc2c(c1)OCC2)N1CCc2nc(Oc3cccnc3)ncc2C1. The highest BCUT2D eigenvalue weighted by Crippen LogP contribution is 2.32. The second-order valence-corrected chi connectivity index (χ2v) is 7.28. The highest BCUT2D eigenvalue weighted by Gasteiger charge is 2.24. The van der Waals surface area contributed by atoms with Crippen LogP contribution < -0.4 is 9.47 Å². The number of rotatable bonds is 4. The highest BCUT2D eigenvalue weighted by atomic mass is 16.5. The summed E-state index contributed by atoms with van der Waals surface area (Å²) in [6.45, 7) is 4.84. The van der Waals surface area contributed by atoms with Crippen molar-refractivity contribution in [3.63, 3.8) is 0 Å². The number of hydrogen-bond donors (Lipinski definition) is 0. The number of aromatic nitrogens is 3. The van der Waals surface area contributed by atoms with Gasteiger partial charge in [0.15, 0.2) is 0 Å². The molecular weight excluding hydrogens is 352 g/mol. The molecule has 0 saturated heterocycles. The van der Waals surface area contributed by atoms with Crippen molar-refractivity contribution in [3.05, 3.63) is 71.3 Å². The van der Waals surface area contributed by atoms with Gasteiger partial charge in [-0.05, 0) is 36.2 Å². The van der Waals surface area contributed by atoms with Gasteiger partial charge in [-0.15, -0.1) is 0 Å². The molecule has 0 aliphatic carbocycles. The van der Waals surface area contributed by atoms with Gasteiger partial charge < -0.3 is 9.47 Å². The standard InChI is InChI=1S/C22H22N4O2/c1-15(17-5-4-16-7-10-27-21(16)11-17)26-9-6-20-18(14-26)12-24-22(25-20)28-19-3-2-8-23-13-19/h2-5,8,11-13,15H,6-7,9-10,14H2,1H3. The van der Waals surface area contributed by atoms with Gasteiger partial charge in [-0.1, -0.05) is 12.1 Å². The van der Waals surface area contributed by atoms with Crippen LogP contribution in [-0.4, -0.2) is 33.0 Å². The Morgan fingerprint density at radius 3 is 3.00 bits per heavy atom. The van der Waals surface area contributed by atoms with Gasteiger partial charge in [-0.2, -0.15) is 4.98 Å². The maximum Gasteiger partial charge on any atom is 0.322 e. The molecule has 28 heavy (non-hydrogen) atoms. The van der Waals surface area contributed by atoms with E-state index in [0.717, 1.165) is 49.5 Å². The molecule has 2 aromatic heterocycles. The van der Waals surface area contributed by atoms with E-state index in [1.54, 1.807) is 12.4 Å². The topological polar surface area (TPSA) is 60.4 Å². The van der Waals surface area contributed by atoms with Crippen molar-refractivity contribution in [1.29, 1.82) is 0 Å². The molecule has 3 aromatic rings. The van der Waals surface area contributed by atoms with Crippen LogP contribution in [0.3, 0.4) is 0 Å². The van der Waals surface area contributed by atoms with E-state index in [1.165, 1.54) is 11.1 Å². The molecule has 0 radical (unpaired) electrons. The number of benzene rings is 1. The van der Waals surface area contributed by atoms with Crippen molar-refractivity contribution in [2.24, 2.45) is 0 Å². The molecule has 6 heteroatoms. The maximum absolute atomic E-state index is 5.74. The molecule has 0 saturated carbocycles. The van der Waals surface area contributed by atoms with E-state index in [-0.39, 0.29) is 0 Å². The third-order valence-corrected chi connectivity index (χ3v) is 5.54. The van der Waals surface area contributed by atoms with Crippen LogP contribution in [0.5, 0.6) is 17.5 Å². The van der Waals surface area contributed by atoms with Gasteiger partial charge in [0.1, 0.15) is 11.5 Å². The molecule has 0 bridgehead atoms. The molecule has 2 aliphatic heterocycles. The van der Waals surface area contributed by atoms with Gasteiger partial charge in [0.05, 0.1) is 18.5 Å². The number of fused-ring (bicyclic) bond motifs is 2. The molecule has 1 unspecified atom stereocenters. The quantitative estimate of drug-likeness (QED) is 0.694. The average Bonchev–Trinajstić information content (AvgIpc) is 3.21. The predicted molar refractivity (Wildman–Crippen MR) is 105 cm³/mol. The monoisotopic (exact) mass is 374 g/mol. The van der Waals surface area contributed by atoms with Crippen molar-refractivity contribution >= 4 is 0 Å². The van der Waals surface area contributed by atoms with Crippen LogP contribution >= 0.6 is 0 Å². The zero-order valence-corrected chi connectivity index (χ0v) is 15.8. The summed E-state index contributed by atoms with van der Waals surface area (Å²) in [6, 6.07) is 11.0. The molecule has 2 aliphatic rings. The van der Waals surface area contributed by atoms with Crippen LogP contribution in [0.2, 0.25) is 0 Å². The predicted octanol–water partition coefficient (Wildman–Crippen LogP) is 3.72. The first-order valence-corrected chi connectivity index (χ1v) is 9.68. The number of nitrogens with zero attached hydrogens (tertiary/aromatic N) is 4. The lowest BCUT2D eigenvalue weighted by molar-refractivity contribution is 0.189. The van der Waals surface area contributed by atoms with Crippen LogP contribution in [0.1, 0.15) is 35.3 Å². The Hall–Kier alpha value is -2.99. The normalized spacial score (nSPS) is 16.8. The molecule has 4 heterocycles. The molecule has 0 N–H and O–H groups in total. The van der Waals surface area contributed by atoms with Gasteiger partial charge in [0.2, 0.25) is 0 Å². The Morgan fingerprint density at radius 2 is 2.11 bits per heavy atom. The van der Waals surface area contributed by atoms with Crippen molar-refractivity contribution in [3.8, 4) is 17.5 Å². The molecule has 1 atom stereocenters. The van der Waals surface area contributed by atoms with E-state index in [0.29, 0.717) is 17.8 Å². The Bertz CT molecular complexity index is 993. The summed E-state index contributed by atoms with van der Waals surface area (Å²) < 4.78 is 11.5. The smallest absolute Gasteiger partial charge is 0.322 e. The molecule has 1 aromatic carbocycles. The summed E-state index contributed by atoms with van der Waals surface area (Å²) >= 11 is 0. The van der Waals surface area contributed by atoms with Crippen LogP contribution in [0.15, 0.2) is 48.9 Å². The summed E-state index contributed by atoms with van der Waals surface area (Å²) in [5.41, 5.74) is 4.83. The summed E-state index contributed by atoms with van der Waals surface area (Å²) in [5, 5.41) is 0. The van der Waals surface area contributed by atoms with Gasteiger partial charge in [-0.25, -0.2) is 4.98 Å². The minimum atomic E-state index is 0.314. The van der Waals surface area contributed by atoms with Gasteiger partial charge in [0, 0.05) is 49.9 Å². The fourth-order valence-corrected chi connectivity index (χ4v) is 3.87. The largest absolute Gasteiger partial charge is 0.493 e. The summed E-state index contributed by atoms with van der Waals surface area (Å²) in [7, 11) is 0. The first-order chi connectivity index (χ1) is 13.8. The summed E-state index contributed by atoms with van der Waals surface area (Å²) in [4.78, 5) is 15.5. The Balaban J connectivity index is 1.31. The molecule has 0 spiro atoms. The minimum Gasteiger partial charge on any atom is -0.493 e. The lowest BCUT2D eigenvalue weighted by Crippen LogP contribution is -2.33. The number of ether oxygens (including phenoxy) is 2. The zero-order valence-electron chi connectivity index (χ0n) is 15.8. The molecular formula is C22H22N4O2. The molecule has 142 valence electrons. The van der Waals surface area contributed by atoms with Crippen LogP contribution in [0.25, 0.3) is 0 Å². The first-order valence-electron chi connectivity index (χ1n) is 9.68. The summed E-state index contributed by atoms with van der Waals surface area (Å²) in [6.07, 6.45) is 7.16. The second kappa shape index (κ2) is 7.20. The second-order valence-electron chi connectivity index (χ2n) is 7.28. The Morgan fingerprint density at radius 1 is 1.14 bits per heavy atom. The van der Waals surface area contributed by atoms with E-state index in [9.17, 15) is 0 Å². The van der Waals surface area contributed by atoms with Crippen LogP contribution in [-0.2, 0) is 19.4 Å². The number of hydrogen-bond acceptors (Lipinski definition) is 6. The average molecular weight is 374 g/mol. The van der Waals surface area contributed by atoms with Crippen molar-refractivity contribution in [2.45, 2.75) is 32.4 Å². The summed E-state index contributed by atoms with van der Waals surface area (Å²) in [5.74, 6) is 1.69. The third-order valence-electron chi connectivity index (χ3n) is 5.54. The fourth-order valence-electron chi connectivity index (χ4n) is 3.87. The lowest BCUT2D eigenvalue weighted by atomic mass is 10.00. The molecule has 0 fully saturated rings.